The summed E-state index contributed by atoms with van der Waals surface area (Å²) in [6.45, 7) is 0. The molecular weight excluding hydrogens is 170 g/mol. The molecule has 1 heteroatoms. The molecule has 0 aromatic rings. The molecule has 0 aromatic carbocycles. The van der Waals surface area contributed by atoms with Crippen LogP contribution in [0.2, 0.25) is 0 Å². The molecule has 2 saturated carbocycles. The van der Waals surface area contributed by atoms with Crippen LogP contribution in [0.25, 0.3) is 0 Å². The van der Waals surface area contributed by atoms with Gasteiger partial charge in [-0.1, -0.05) is 32.1 Å². The molecule has 1 nitrogen and oxygen atoms in total. The van der Waals surface area contributed by atoms with E-state index in [2.05, 4.69) is 12.4 Å². The molecule has 0 radical (unpaired) electrons. The van der Waals surface area contributed by atoms with Crippen molar-refractivity contribution in [3.05, 3.63) is 0 Å². The Labute approximate surface area is 88.7 Å². The van der Waals surface area contributed by atoms with Crippen LogP contribution in [0, 0.1) is 11.8 Å². The highest BCUT2D eigenvalue weighted by Crippen LogP contribution is 2.35. The molecule has 0 aliphatic heterocycles. The molecule has 0 heterocycles. The first-order chi connectivity index (χ1) is 6.88. The summed E-state index contributed by atoms with van der Waals surface area (Å²) in [6.07, 6.45) is 13.5. The average molecular weight is 195 g/mol. The van der Waals surface area contributed by atoms with Gasteiger partial charge in [-0.3, -0.25) is 0 Å². The summed E-state index contributed by atoms with van der Waals surface area (Å²) in [5.74, 6) is 2.14. The van der Waals surface area contributed by atoms with Crippen molar-refractivity contribution in [2.24, 2.45) is 11.8 Å². The maximum Gasteiger partial charge on any atom is 0.00668 e. The van der Waals surface area contributed by atoms with Crippen molar-refractivity contribution in [1.82, 2.24) is 5.32 Å². The first-order valence-corrected chi connectivity index (χ1v) is 6.55. The van der Waals surface area contributed by atoms with E-state index >= 15 is 0 Å². The minimum Gasteiger partial charge on any atom is -0.317 e. The quantitative estimate of drug-likeness (QED) is 0.728. The van der Waals surface area contributed by atoms with Crippen molar-refractivity contribution >= 4 is 0 Å². The molecule has 2 aliphatic rings. The van der Waals surface area contributed by atoms with Gasteiger partial charge in [0.05, 0.1) is 0 Å². The highest BCUT2D eigenvalue weighted by molar-refractivity contribution is 4.81. The van der Waals surface area contributed by atoms with Gasteiger partial charge in [0.25, 0.3) is 0 Å². The van der Waals surface area contributed by atoms with Crippen molar-refractivity contribution in [3.8, 4) is 0 Å². The van der Waals surface area contributed by atoms with E-state index in [0.29, 0.717) is 0 Å². The minimum absolute atomic E-state index is 0.837. The fourth-order valence-corrected chi connectivity index (χ4v) is 3.45. The van der Waals surface area contributed by atoms with E-state index in [1.807, 2.05) is 0 Å². The van der Waals surface area contributed by atoms with Crippen molar-refractivity contribution in [2.75, 3.05) is 7.05 Å². The van der Waals surface area contributed by atoms with E-state index in [0.717, 1.165) is 17.9 Å². The fourth-order valence-electron chi connectivity index (χ4n) is 3.45. The third-order valence-electron chi connectivity index (χ3n) is 4.34. The molecular formula is C13H25N. The van der Waals surface area contributed by atoms with E-state index in [9.17, 15) is 0 Å². The van der Waals surface area contributed by atoms with E-state index in [4.69, 9.17) is 0 Å². The topological polar surface area (TPSA) is 12.0 Å². The second kappa shape index (κ2) is 5.16. The molecule has 2 rings (SSSR count). The molecule has 0 aromatic heterocycles. The van der Waals surface area contributed by atoms with Crippen molar-refractivity contribution < 1.29 is 0 Å². The van der Waals surface area contributed by atoms with Crippen LogP contribution in [0.5, 0.6) is 0 Å². The lowest BCUT2D eigenvalue weighted by atomic mass is 9.82. The summed E-state index contributed by atoms with van der Waals surface area (Å²) in [5.41, 5.74) is 0. The second-order valence-electron chi connectivity index (χ2n) is 5.40. The van der Waals surface area contributed by atoms with Gasteiger partial charge in [0.2, 0.25) is 0 Å². The fraction of sp³-hybridized carbons (Fsp3) is 1.00. The van der Waals surface area contributed by atoms with Crippen molar-refractivity contribution in [3.63, 3.8) is 0 Å². The Hall–Kier alpha value is -0.0400. The predicted octanol–water partition coefficient (Wildman–Crippen LogP) is 3.34. The summed E-state index contributed by atoms with van der Waals surface area (Å²) >= 11 is 0. The van der Waals surface area contributed by atoms with E-state index < -0.39 is 0 Å². The lowest BCUT2D eigenvalue weighted by Gasteiger charge is -2.24. The zero-order valence-corrected chi connectivity index (χ0v) is 9.60. The Kier molecular flexibility index (Phi) is 3.86. The van der Waals surface area contributed by atoms with Crippen molar-refractivity contribution in [2.45, 2.75) is 63.8 Å². The first kappa shape index (κ1) is 10.5. The third kappa shape index (κ3) is 2.73. The van der Waals surface area contributed by atoms with Crippen LogP contribution in [-0.2, 0) is 0 Å². The molecule has 1 N–H and O–H groups in total. The molecule has 14 heavy (non-hydrogen) atoms. The normalized spacial score (nSPS) is 34.9. The first-order valence-electron chi connectivity index (χ1n) is 6.55. The molecule has 0 bridgehead atoms. The van der Waals surface area contributed by atoms with Gasteiger partial charge in [0.1, 0.15) is 0 Å². The van der Waals surface area contributed by atoms with Gasteiger partial charge >= 0.3 is 0 Å². The Morgan fingerprint density at radius 3 is 2.36 bits per heavy atom. The van der Waals surface area contributed by atoms with Crippen LogP contribution >= 0.6 is 0 Å². The largest absolute Gasteiger partial charge is 0.317 e. The average Bonchev–Trinajstić information content (AvgIpc) is 2.67. The highest BCUT2D eigenvalue weighted by Gasteiger charge is 2.26. The summed E-state index contributed by atoms with van der Waals surface area (Å²) in [7, 11) is 2.12. The van der Waals surface area contributed by atoms with Gasteiger partial charge < -0.3 is 5.32 Å². The number of hydrogen-bond donors (Lipinski definition) is 1. The maximum atomic E-state index is 3.43. The monoisotopic (exact) mass is 195 g/mol. The molecule has 0 saturated heterocycles. The predicted molar refractivity (Wildman–Crippen MR) is 61.4 cm³/mol. The molecule has 0 amide bonds. The van der Waals surface area contributed by atoms with Crippen LogP contribution < -0.4 is 5.32 Å². The summed E-state index contributed by atoms with van der Waals surface area (Å²) in [4.78, 5) is 0. The van der Waals surface area contributed by atoms with Crippen molar-refractivity contribution in [1.29, 1.82) is 0 Å². The van der Waals surface area contributed by atoms with Gasteiger partial charge in [-0.2, -0.15) is 0 Å². The molecule has 0 spiro atoms. The number of rotatable bonds is 3. The minimum atomic E-state index is 0.837. The standard InChI is InChI=1S/C13H25N/c1-14-13-8-7-12(10-13)9-11-5-3-2-4-6-11/h11-14H,2-10H2,1H3. The number of nitrogens with one attached hydrogen (secondary N) is 1. The van der Waals surface area contributed by atoms with Gasteiger partial charge in [-0.25, -0.2) is 0 Å². The molecule has 82 valence electrons. The third-order valence-corrected chi connectivity index (χ3v) is 4.34. The van der Waals surface area contributed by atoms with E-state index in [-0.39, 0.29) is 0 Å². The van der Waals surface area contributed by atoms with Crippen LogP contribution in [0.4, 0.5) is 0 Å². The van der Waals surface area contributed by atoms with Gasteiger partial charge in [-0.05, 0) is 44.6 Å². The Morgan fingerprint density at radius 2 is 1.71 bits per heavy atom. The Balaban J connectivity index is 1.69. The van der Waals surface area contributed by atoms with Gasteiger partial charge in [-0.15, -0.1) is 0 Å². The lowest BCUT2D eigenvalue weighted by Crippen LogP contribution is -2.21. The van der Waals surface area contributed by atoms with Crippen LogP contribution in [-0.4, -0.2) is 13.1 Å². The highest BCUT2D eigenvalue weighted by atomic mass is 14.9. The zero-order valence-electron chi connectivity index (χ0n) is 9.60. The zero-order chi connectivity index (χ0) is 9.80. The van der Waals surface area contributed by atoms with Crippen LogP contribution in [0.15, 0.2) is 0 Å². The molecule has 2 unspecified atom stereocenters. The van der Waals surface area contributed by atoms with E-state index in [1.165, 1.54) is 57.8 Å². The summed E-state index contributed by atoms with van der Waals surface area (Å²) < 4.78 is 0. The van der Waals surface area contributed by atoms with E-state index in [1.54, 1.807) is 0 Å². The second-order valence-corrected chi connectivity index (χ2v) is 5.40. The Bertz CT molecular complexity index is 161. The molecule has 2 atom stereocenters. The Morgan fingerprint density at radius 1 is 0.929 bits per heavy atom. The lowest BCUT2D eigenvalue weighted by molar-refractivity contribution is 0.287. The van der Waals surface area contributed by atoms with Gasteiger partial charge in [0.15, 0.2) is 0 Å². The number of hydrogen-bond acceptors (Lipinski definition) is 1. The smallest absolute Gasteiger partial charge is 0.00668 e. The maximum absolute atomic E-state index is 3.43. The molecule has 2 aliphatic carbocycles. The van der Waals surface area contributed by atoms with Crippen LogP contribution in [0.1, 0.15) is 57.8 Å². The van der Waals surface area contributed by atoms with Crippen LogP contribution in [0.3, 0.4) is 0 Å². The van der Waals surface area contributed by atoms with Gasteiger partial charge in [0, 0.05) is 6.04 Å². The molecule has 2 fully saturated rings. The SMILES string of the molecule is CNC1CCC(CC2CCCCC2)C1. The summed E-state index contributed by atoms with van der Waals surface area (Å²) in [6, 6.07) is 0.837. The summed E-state index contributed by atoms with van der Waals surface area (Å²) in [5, 5.41) is 3.43.